The van der Waals surface area contributed by atoms with E-state index >= 15 is 0 Å². The summed E-state index contributed by atoms with van der Waals surface area (Å²) in [4.78, 5) is 4.81. The van der Waals surface area contributed by atoms with E-state index in [-0.39, 0.29) is 6.04 Å². The van der Waals surface area contributed by atoms with Crippen molar-refractivity contribution in [2.24, 2.45) is 0 Å². The van der Waals surface area contributed by atoms with Crippen LogP contribution in [0.25, 0.3) is 0 Å². The maximum Gasteiger partial charge on any atom is 0.203 e. The van der Waals surface area contributed by atoms with Gasteiger partial charge in [-0.25, -0.2) is 4.68 Å². The lowest BCUT2D eigenvalue weighted by Gasteiger charge is -2.38. The van der Waals surface area contributed by atoms with E-state index in [9.17, 15) is 0 Å². The maximum atomic E-state index is 5.63. The fourth-order valence-electron chi connectivity index (χ4n) is 4.65. The Bertz CT molecular complexity index is 818. The van der Waals surface area contributed by atoms with Crippen molar-refractivity contribution in [2.45, 2.75) is 37.8 Å². The molecule has 1 atom stereocenters. The highest BCUT2D eigenvalue weighted by atomic mass is 16.5. The van der Waals surface area contributed by atoms with Gasteiger partial charge in [0.2, 0.25) is 5.75 Å². The van der Waals surface area contributed by atoms with Crippen LogP contribution in [0, 0.1) is 0 Å². The van der Waals surface area contributed by atoms with Gasteiger partial charge in [0, 0.05) is 26.2 Å². The molecule has 0 radical (unpaired) electrons. The molecule has 0 bridgehead atoms. The summed E-state index contributed by atoms with van der Waals surface area (Å²) in [6, 6.07) is 4.34. The number of piperazine rings is 1. The van der Waals surface area contributed by atoms with Gasteiger partial charge in [0.25, 0.3) is 0 Å². The normalized spacial score (nSPS) is 19.7. The predicted octanol–water partition coefficient (Wildman–Crippen LogP) is 2.15. The molecule has 2 aromatic rings. The van der Waals surface area contributed by atoms with Crippen molar-refractivity contribution in [3.05, 3.63) is 23.5 Å². The van der Waals surface area contributed by atoms with E-state index in [0.717, 1.165) is 50.4 Å². The Morgan fingerprint density at radius 3 is 2.13 bits per heavy atom. The summed E-state index contributed by atoms with van der Waals surface area (Å²) < 4.78 is 18.8. The van der Waals surface area contributed by atoms with Gasteiger partial charge >= 0.3 is 0 Å². The van der Waals surface area contributed by atoms with Gasteiger partial charge in [-0.1, -0.05) is 12.8 Å². The van der Waals surface area contributed by atoms with Crippen LogP contribution in [0.5, 0.6) is 17.2 Å². The minimum atomic E-state index is -0.0805. The van der Waals surface area contributed by atoms with Gasteiger partial charge < -0.3 is 19.1 Å². The minimum absolute atomic E-state index is 0.0805. The highest BCUT2D eigenvalue weighted by Crippen LogP contribution is 2.42. The summed E-state index contributed by atoms with van der Waals surface area (Å²) in [5.41, 5.74) is 1.04. The number of nitrogens with zero attached hydrogens (tertiary/aromatic N) is 6. The van der Waals surface area contributed by atoms with Crippen LogP contribution in [0.15, 0.2) is 12.1 Å². The summed E-state index contributed by atoms with van der Waals surface area (Å²) in [5, 5.41) is 13.0. The highest BCUT2D eigenvalue weighted by molar-refractivity contribution is 5.55. The van der Waals surface area contributed by atoms with E-state index in [0.29, 0.717) is 23.3 Å². The van der Waals surface area contributed by atoms with Crippen LogP contribution in [0.3, 0.4) is 0 Å². The molecule has 9 heteroatoms. The molecular formula is C21H32N6O3. The Morgan fingerprint density at radius 1 is 0.933 bits per heavy atom. The third-order valence-corrected chi connectivity index (χ3v) is 6.34. The average molecular weight is 417 g/mol. The van der Waals surface area contributed by atoms with Crippen LogP contribution in [-0.4, -0.2) is 84.6 Å². The van der Waals surface area contributed by atoms with Crippen LogP contribution in [0.2, 0.25) is 0 Å². The summed E-state index contributed by atoms with van der Waals surface area (Å²) in [7, 11) is 7.08. The number of aromatic nitrogens is 4. The summed E-state index contributed by atoms with van der Waals surface area (Å²) in [6.07, 6.45) is 4.71. The largest absolute Gasteiger partial charge is 0.493 e. The number of hydrogen-bond donors (Lipinski definition) is 0. The van der Waals surface area contributed by atoms with E-state index in [1.165, 1.54) is 12.8 Å². The van der Waals surface area contributed by atoms with E-state index in [1.54, 1.807) is 21.3 Å². The standard InChI is InChI=1S/C21H32N6O3/c1-25-9-11-26(12-10-25)19(21-22-23-24-27(21)16-7-5-6-8-16)15-13-17(28-2)20(30-4)18(14-15)29-3/h13-14,16,19H,5-12H2,1-4H3/t19-/m0/s1. The number of hydrogen-bond acceptors (Lipinski definition) is 8. The molecule has 4 rings (SSSR count). The molecule has 164 valence electrons. The zero-order valence-corrected chi connectivity index (χ0v) is 18.4. The van der Waals surface area contributed by atoms with Crippen molar-refractivity contribution in [1.82, 2.24) is 30.0 Å². The topological polar surface area (TPSA) is 77.8 Å². The molecule has 0 amide bonds. The lowest BCUT2D eigenvalue weighted by atomic mass is 10.0. The minimum Gasteiger partial charge on any atom is -0.493 e. The quantitative estimate of drug-likeness (QED) is 0.680. The lowest BCUT2D eigenvalue weighted by molar-refractivity contribution is 0.120. The zero-order valence-electron chi connectivity index (χ0n) is 18.4. The second kappa shape index (κ2) is 9.18. The second-order valence-electron chi connectivity index (χ2n) is 8.12. The van der Waals surface area contributed by atoms with Crippen molar-refractivity contribution in [2.75, 3.05) is 54.6 Å². The first-order valence-electron chi connectivity index (χ1n) is 10.7. The third-order valence-electron chi connectivity index (χ3n) is 6.34. The van der Waals surface area contributed by atoms with Crippen LogP contribution in [-0.2, 0) is 0 Å². The Morgan fingerprint density at radius 2 is 1.57 bits per heavy atom. The number of ether oxygens (including phenoxy) is 3. The molecule has 2 fully saturated rings. The number of tetrazole rings is 1. The van der Waals surface area contributed by atoms with Gasteiger partial charge in [-0.2, -0.15) is 0 Å². The van der Waals surface area contributed by atoms with Gasteiger partial charge in [-0.15, -0.1) is 5.10 Å². The first-order chi connectivity index (χ1) is 14.7. The Balaban J connectivity index is 1.80. The van der Waals surface area contributed by atoms with Crippen LogP contribution >= 0.6 is 0 Å². The van der Waals surface area contributed by atoms with Crippen molar-refractivity contribution >= 4 is 0 Å². The van der Waals surface area contributed by atoms with E-state index < -0.39 is 0 Å². The van der Waals surface area contributed by atoms with Crippen molar-refractivity contribution in [1.29, 1.82) is 0 Å². The van der Waals surface area contributed by atoms with Gasteiger partial charge in [0.1, 0.15) is 0 Å². The molecular weight excluding hydrogens is 384 g/mol. The molecule has 1 aliphatic carbocycles. The molecule has 1 aliphatic heterocycles. The van der Waals surface area contributed by atoms with Crippen molar-refractivity contribution in [3.63, 3.8) is 0 Å². The smallest absolute Gasteiger partial charge is 0.203 e. The molecule has 1 saturated heterocycles. The number of rotatable bonds is 7. The van der Waals surface area contributed by atoms with E-state index in [1.807, 2.05) is 12.1 Å². The lowest BCUT2D eigenvalue weighted by Crippen LogP contribution is -2.46. The van der Waals surface area contributed by atoms with Crippen LogP contribution < -0.4 is 14.2 Å². The molecule has 2 heterocycles. The van der Waals surface area contributed by atoms with Gasteiger partial charge in [0.05, 0.1) is 33.4 Å². The predicted molar refractivity (Wildman–Crippen MR) is 112 cm³/mol. The second-order valence-corrected chi connectivity index (χ2v) is 8.12. The summed E-state index contributed by atoms with van der Waals surface area (Å²) in [6.45, 7) is 3.89. The molecule has 1 saturated carbocycles. The third kappa shape index (κ3) is 3.96. The van der Waals surface area contributed by atoms with Crippen LogP contribution in [0.4, 0.5) is 0 Å². The fourth-order valence-corrected chi connectivity index (χ4v) is 4.65. The SMILES string of the molecule is COc1cc([C@@H](c2nnnn2C2CCCC2)N2CCN(C)CC2)cc(OC)c1OC. The van der Waals surface area contributed by atoms with Crippen LogP contribution in [0.1, 0.15) is 49.2 Å². The van der Waals surface area contributed by atoms with Gasteiger partial charge in [0.15, 0.2) is 17.3 Å². The molecule has 1 aromatic heterocycles. The molecule has 0 N–H and O–H groups in total. The van der Waals surface area contributed by atoms with Gasteiger partial charge in [-0.3, -0.25) is 4.90 Å². The van der Waals surface area contributed by atoms with E-state index in [2.05, 4.69) is 37.1 Å². The van der Waals surface area contributed by atoms with E-state index in [4.69, 9.17) is 14.2 Å². The zero-order chi connectivity index (χ0) is 21.1. The average Bonchev–Trinajstić information content (AvgIpc) is 3.46. The Hall–Kier alpha value is -2.39. The highest BCUT2D eigenvalue weighted by Gasteiger charge is 2.34. The number of benzene rings is 1. The van der Waals surface area contributed by atoms with Crippen molar-refractivity contribution in [3.8, 4) is 17.2 Å². The molecule has 1 aromatic carbocycles. The monoisotopic (exact) mass is 416 g/mol. The maximum absolute atomic E-state index is 5.63. The fraction of sp³-hybridized carbons (Fsp3) is 0.667. The van der Waals surface area contributed by atoms with Gasteiger partial charge in [-0.05, 0) is 48.0 Å². The summed E-state index contributed by atoms with van der Waals surface area (Å²) >= 11 is 0. The Kier molecular flexibility index (Phi) is 6.38. The molecule has 2 aliphatic rings. The first kappa shape index (κ1) is 20.9. The molecule has 0 unspecified atom stereocenters. The number of methoxy groups -OCH3 is 3. The summed E-state index contributed by atoms with van der Waals surface area (Å²) in [5.74, 6) is 2.77. The molecule has 0 spiro atoms. The van der Waals surface area contributed by atoms with Crippen molar-refractivity contribution < 1.29 is 14.2 Å². The molecule has 30 heavy (non-hydrogen) atoms. The first-order valence-corrected chi connectivity index (χ1v) is 10.7. The number of likely N-dealkylation sites (N-methyl/N-ethyl adjacent to an activating group) is 1. The Labute approximate surface area is 177 Å². The molecule has 9 nitrogen and oxygen atoms in total.